The second-order valence-electron chi connectivity index (χ2n) is 5.58. The molecule has 0 amide bonds. The lowest BCUT2D eigenvalue weighted by atomic mass is 9.95. The van der Waals surface area contributed by atoms with Crippen molar-refractivity contribution in [2.45, 2.75) is 43.5 Å². The Kier molecular flexibility index (Phi) is 5.11. The minimum absolute atomic E-state index is 0.282. The van der Waals surface area contributed by atoms with Gasteiger partial charge in [-0.2, -0.15) is 0 Å². The molecular weight excluding hydrogens is 270 g/mol. The molecule has 1 fully saturated rings. The van der Waals surface area contributed by atoms with Gasteiger partial charge < -0.3 is 10.4 Å². The minimum atomic E-state index is -0.758. The Morgan fingerprint density at radius 3 is 2.55 bits per heavy atom. The van der Waals surface area contributed by atoms with Gasteiger partial charge in [-0.25, -0.2) is 0 Å². The van der Waals surface area contributed by atoms with Crippen LogP contribution in [0.15, 0.2) is 29.2 Å². The van der Waals surface area contributed by atoms with E-state index in [1.54, 1.807) is 11.8 Å². The number of benzene rings is 1. The Balaban J connectivity index is 2.06. The van der Waals surface area contributed by atoms with Crippen LogP contribution in [0, 0.1) is 12.8 Å². The van der Waals surface area contributed by atoms with Gasteiger partial charge in [0.2, 0.25) is 0 Å². The van der Waals surface area contributed by atoms with E-state index in [0.29, 0.717) is 5.75 Å². The molecule has 1 aliphatic carbocycles. The summed E-state index contributed by atoms with van der Waals surface area (Å²) in [5.41, 5.74) is 0.469. The number of aliphatic carboxylic acids is 1. The second-order valence-corrected chi connectivity index (χ2v) is 6.63. The first-order chi connectivity index (χ1) is 9.58. The average molecular weight is 293 g/mol. The van der Waals surface area contributed by atoms with Gasteiger partial charge in [0, 0.05) is 10.6 Å². The molecule has 4 heteroatoms. The summed E-state index contributed by atoms with van der Waals surface area (Å²) in [6, 6.07) is 8.28. The Morgan fingerprint density at radius 1 is 1.40 bits per heavy atom. The SMILES string of the molecule is CCCNC(CSc1ccc(C)cc1)(C(=O)O)C1CC1. The summed E-state index contributed by atoms with van der Waals surface area (Å²) in [7, 11) is 0. The molecule has 0 saturated heterocycles. The van der Waals surface area contributed by atoms with Crippen LogP contribution < -0.4 is 5.32 Å². The van der Waals surface area contributed by atoms with Gasteiger partial charge in [0.05, 0.1) is 0 Å². The molecule has 0 aliphatic heterocycles. The van der Waals surface area contributed by atoms with Crippen molar-refractivity contribution < 1.29 is 9.90 Å². The van der Waals surface area contributed by atoms with E-state index in [2.05, 4.69) is 43.4 Å². The number of nitrogens with one attached hydrogen (secondary N) is 1. The van der Waals surface area contributed by atoms with E-state index in [-0.39, 0.29) is 5.92 Å². The highest BCUT2D eigenvalue weighted by atomic mass is 32.2. The van der Waals surface area contributed by atoms with Crippen molar-refractivity contribution >= 4 is 17.7 Å². The van der Waals surface area contributed by atoms with Gasteiger partial charge in [0.1, 0.15) is 5.54 Å². The Labute approximate surface area is 125 Å². The summed E-state index contributed by atoms with van der Waals surface area (Å²) in [5, 5.41) is 13.0. The molecule has 0 aromatic heterocycles. The minimum Gasteiger partial charge on any atom is -0.480 e. The van der Waals surface area contributed by atoms with Gasteiger partial charge in [0.15, 0.2) is 0 Å². The monoisotopic (exact) mass is 293 g/mol. The lowest BCUT2D eigenvalue weighted by Crippen LogP contribution is -2.56. The zero-order valence-electron chi connectivity index (χ0n) is 12.2. The van der Waals surface area contributed by atoms with Crippen molar-refractivity contribution in [1.29, 1.82) is 0 Å². The zero-order chi connectivity index (χ0) is 14.6. The third-order valence-electron chi connectivity index (χ3n) is 3.83. The first-order valence-electron chi connectivity index (χ1n) is 7.26. The molecule has 0 bridgehead atoms. The highest BCUT2D eigenvalue weighted by Crippen LogP contribution is 2.42. The molecule has 0 heterocycles. The molecule has 3 nitrogen and oxygen atoms in total. The molecule has 1 aliphatic rings. The Hall–Kier alpha value is -1.00. The fourth-order valence-electron chi connectivity index (χ4n) is 2.38. The predicted molar refractivity (Wildman–Crippen MR) is 83.3 cm³/mol. The molecule has 1 saturated carbocycles. The second kappa shape index (κ2) is 6.64. The lowest BCUT2D eigenvalue weighted by Gasteiger charge is -2.30. The van der Waals surface area contributed by atoms with Gasteiger partial charge in [-0.3, -0.25) is 4.79 Å². The summed E-state index contributed by atoms with van der Waals surface area (Å²) in [6.45, 7) is 4.89. The van der Waals surface area contributed by atoms with E-state index in [1.165, 1.54) is 5.56 Å². The third-order valence-corrected chi connectivity index (χ3v) is 5.04. The van der Waals surface area contributed by atoms with Crippen LogP contribution in [0.1, 0.15) is 31.7 Å². The standard InChI is InChI=1S/C16H23NO2S/c1-3-10-17-16(15(18)19,13-6-7-13)11-20-14-8-4-12(2)5-9-14/h4-5,8-9,13,17H,3,6-7,10-11H2,1-2H3,(H,18,19). The van der Waals surface area contributed by atoms with Gasteiger partial charge in [-0.1, -0.05) is 24.6 Å². The van der Waals surface area contributed by atoms with Gasteiger partial charge in [0.25, 0.3) is 0 Å². The van der Waals surface area contributed by atoms with E-state index in [1.807, 2.05) is 0 Å². The first-order valence-corrected chi connectivity index (χ1v) is 8.25. The molecule has 1 atom stereocenters. The molecule has 0 radical (unpaired) electrons. The predicted octanol–water partition coefficient (Wildman–Crippen LogP) is 3.32. The fraction of sp³-hybridized carbons (Fsp3) is 0.562. The number of carboxylic acids is 1. The van der Waals surface area contributed by atoms with Gasteiger partial charge in [-0.15, -0.1) is 11.8 Å². The molecule has 20 heavy (non-hydrogen) atoms. The van der Waals surface area contributed by atoms with Crippen molar-refractivity contribution in [1.82, 2.24) is 5.32 Å². The van der Waals surface area contributed by atoms with Crippen LogP contribution in [-0.2, 0) is 4.79 Å². The third kappa shape index (κ3) is 3.55. The van der Waals surface area contributed by atoms with Gasteiger partial charge >= 0.3 is 5.97 Å². The number of carbonyl (C=O) groups is 1. The van der Waals surface area contributed by atoms with E-state index in [0.717, 1.165) is 30.7 Å². The number of rotatable bonds is 8. The van der Waals surface area contributed by atoms with E-state index in [4.69, 9.17) is 0 Å². The smallest absolute Gasteiger partial charge is 0.325 e. The Morgan fingerprint density at radius 2 is 2.05 bits per heavy atom. The largest absolute Gasteiger partial charge is 0.480 e. The molecule has 110 valence electrons. The number of aryl methyl sites for hydroxylation is 1. The van der Waals surface area contributed by atoms with Crippen LogP contribution in [0.5, 0.6) is 0 Å². The van der Waals surface area contributed by atoms with Crippen molar-refractivity contribution in [3.63, 3.8) is 0 Å². The maximum Gasteiger partial charge on any atom is 0.325 e. The molecular formula is C16H23NO2S. The summed E-state index contributed by atoms with van der Waals surface area (Å²) in [5.74, 6) is 0.174. The van der Waals surface area contributed by atoms with Crippen molar-refractivity contribution in [2.24, 2.45) is 5.92 Å². The highest BCUT2D eigenvalue weighted by Gasteiger charge is 2.50. The average Bonchev–Trinajstić information content (AvgIpc) is 3.26. The number of carboxylic acid groups (broad SMARTS) is 1. The van der Waals surface area contributed by atoms with E-state index < -0.39 is 11.5 Å². The van der Waals surface area contributed by atoms with Crippen LogP contribution in [0.3, 0.4) is 0 Å². The maximum atomic E-state index is 11.8. The molecule has 1 aromatic rings. The normalized spacial score (nSPS) is 17.7. The quantitative estimate of drug-likeness (QED) is 0.722. The van der Waals surface area contributed by atoms with Crippen LogP contribution in [0.2, 0.25) is 0 Å². The van der Waals surface area contributed by atoms with Crippen LogP contribution >= 0.6 is 11.8 Å². The first kappa shape index (κ1) is 15.4. The van der Waals surface area contributed by atoms with E-state index >= 15 is 0 Å². The topological polar surface area (TPSA) is 49.3 Å². The maximum absolute atomic E-state index is 11.8. The van der Waals surface area contributed by atoms with Crippen molar-refractivity contribution in [3.8, 4) is 0 Å². The van der Waals surface area contributed by atoms with Crippen LogP contribution in [0.4, 0.5) is 0 Å². The summed E-state index contributed by atoms with van der Waals surface area (Å²) in [6.07, 6.45) is 3.01. The zero-order valence-corrected chi connectivity index (χ0v) is 13.0. The molecule has 0 spiro atoms. The van der Waals surface area contributed by atoms with Crippen LogP contribution in [-0.4, -0.2) is 28.9 Å². The molecule has 1 unspecified atom stereocenters. The van der Waals surface area contributed by atoms with E-state index in [9.17, 15) is 9.90 Å². The molecule has 2 rings (SSSR count). The molecule has 1 aromatic carbocycles. The summed E-state index contributed by atoms with van der Waals surface area (Å²) in [4.78, 5) is 12.9. The lowest BCUT2D eigenvalue weighted by molar-refractivity contribution is -0.144. The summed E-state index contributed by atoms with van der Waals surface area (Å²) >= 11 is 1.64. The fourth-order valence-corrected chi connectivity index (χ4v) is 3.57. The van der Waals surface area contributed by atoms with Crippen molar-refractivity contribution in [3.05, 3.63) is 29.8 Å². The van der Waals surface area contributed by atoms with Crippen LogP contribution in [0.25, 0.3) is 0 Å². The molecule has 2 N–H and O–H groups in total. The summed E-state index contributed by atoms with van der Waals surface area (Å²) < 4.78 is 0. The number of hydrogen-bond donors (Lipinski definition) is 2. The van der Waals surface area contributed by atoms with Crippen molar-refractivity contribution in [2.75, 3.05) is 12.3 Å². The Bertz CT molecular complexity index is 456. The number of thioether (sulfide) groups is 1. The highest BCUT2D eigenvalue weighted by molar-refractivity contribution is 7.99. The number of hydrogen-bond acceptors (Lipinski definition) is 3. The van der Waals surface area contributed by atoms with Gasteiger partial charge in [-0.05, 0) is 50.8 Å².